The summed E-state index contributed by atoms with van der Waals surface area (Å²) in [6.07, 6.45) is 0.169. The highest BCUT2D eigenvalue weighted by molar-refractivity contribution is 8.15. The van der Waals surface area contributed by atoms with Crippen molar-refractivity contribution >= 4 is 40.4 Å². The van der Waals surface area contributed by atoms with Crippen LogP contribution in [0.4, 0.5) is 0 Å². The van der Waals surface area contributed by atoms with Gasteiger partial charge < -0.3 is 19.4 Å². The molecule has 10 nitrogen and oxygen atoms in total. The first kappa shape index (κ1) is 24.6. The van der Waals surface area contributed by atoms with Crippen molar-refractivity contribution in [3.8, 4) is 17.1 Å². The Balaban J connectivity index is 1.35. The number of amides is 1. The maximum Gasteiger partial charge on any atom is 0.307 e. The molecule has 0 saturated carbocycles. The van der Waals surface area contributed by atoms with Crippen molar-refractivity contribution in [3.63, 3.8) is 0 Å². The molecule has 1 aliphatic heterocycles. The van der Waals surface area contributed by atoms with Crippen LogP contribution in [-0.4, -0.2) is 57.2 Å². The van der Waals surface area contributed by atoms with Crippen molar-refractivity contribution in [2.75, 3.05) is 20.0 Å². The Kier molecular flexibility index (Phi) is 8.27. The van der Waals surface area contributed by atoms with E-state index in [4.69, 9.17) is 9.47 Å². The number of aromatic nitrogens is 3. The summed E-state index contributed by atoms with van der Waals surface area (Å²) in [5, 5.41) is 17.1. The molecule has 3 aromatic rings. The van der Waals surface area contributed by atoms with E-state index >= 15 is 0 Å². The molecule has 1 amide bonds. The van der Waals surface area contributed by atoms with Crippen LogP contribution in [0.2, 0.25) is 0 Å². The Morgan fingerprint density at radius 3 is 2.57 bits per heavy atom. The van der Waals surface area contributed by atoms with E-state index in [-0.39, 0.29) is 29.5 Å². The van der Waals surface area contributed by atoms with Crippen LogP contribution in [-0.2, 0) is 20.9 Å². The molecule has 0 fully saturated rings. The molecule has 0 saturated heterocycles. The molecule has 2 heterocycles. The average molecular weight is 513 g/mol. The predicted octanol–water partition coefficient (Wildman–Crippen LogP) is 2.71. The highest BCUT2D eigenvalue weighted by Gasteiger charge is 2.23. The minimum Gasteiger partial charge on any atom is -0.497 e. The van der Waals surface area contributed by atoms with Crippen LogP contribution in [0.3, 0.4) is 0 Å². The third kappa shape index (κ3) is 6.34. The number of esters is 1. The molecule has 2 aromatic carbocycles. The van der Waals surface area contributed by atoms with Crippen molar-refractivity contribution in [1.82, 2.24) is 25.5 Å². The number of hydrogen-bond acceptors (Lipinski definition) is 10. The monoisotopic (exact) mass is 512 g/mol. The molecule has 2 N–H and O–H groups in total. The van der Waals surface area contributed by atoms with E-state index in [0.29, 0.717) is 17.5 Å². The smallest absolute Gasteiger partial charge is 0.307 e. The normalized spacial score (nSPS) is 14.7. The Morgan fingerprint density at radius 1 is 1.09 bits per heavy atom. The minimum atomic E-state index is -0.378. The highest BCUT2D eigenvalue weighted by atomic mass is 32.2. The van der Waals surface area contributed by atoms with E-state index in [1.807, 2.05) is 59.2 Å². The standard InChI is InChI=1S/C23H24N6O4S2/c1-32-17-10-8-16(9-11-17)21-26-27-22(35-21)24-18(30)14-34-23-28-25-20(15-6-4-3-5-7-15)29(23)13-12-19(31)33-2/h3-11,22,27H,12-14H2,1-2H3,(H,24,30). The number of hydrazone groups is 1. The Bertz CT molecular complexity index is 1200. The molecule has 1 atom stereocenters. The maximum atomic E-state index is 12.6. The summed E-state index contributed by atoms with van der Waals surface area (Å²) >= 11 is 2.67. The third-order valence-corrected chi connectivity index (χ3v) is 6.97. The first-order valence-corrected chi connectivity index (χ1v) is 12.6. The number of benzene rings is 2. The highest BCUT2D eigenvalue weighted by Crippen LogP contribution is 2.26. The van der Waals surface area contributed by atoms with Gasteiger partial charge in [-0.25, -0.2) is 0 Å². The topological polar surface area (TPSA) is 120 Å². The van der Waals surface area contributed by atoms with Crippen LogP contribution in [0.1, 0.15) is 12.0 Å². The van der Waals surface area contributed by atoms with Crippen molar-refractivity contribution in [1.29, 1.82) is 0 Å². The molecule has 1 unspecified atom stereocenters. The fraction of sp³-hybridized carbons (Fsp3) is 0.261. The van der Waals surface area contributed by atoms with Crippen LogP contribution in [0.25, 0.3) is 11.4 Å². The number of methoxy groups -OCH3 is 2. The summed E-state index contributed by atoms with van der Waals surface area (Å²) in [6.45, 7) is 0.340. The predicted molar refractivity (Wildman–Crippen MR) is 135 cm³/mol. The zero-order chi connectivity index (χ0) is 24.6. The number of thioether (sulfide) groups is 2. The van der Waals surface area contributed by atoms with Gasteiger partial charge in [0.25, 0.3) is 0 Å². The van der Waals surface area contributed by atoms with E-state index in [1.54, 1.807) is 7.11 Å². The summed E-state index contributed by atoms with van der Waals surface area (Å²) in [6, 6.07) is 17.1. The molecule has 182 valence electrons. The lowest BCUT2D eigenvalue weighted by molar-refractivity contribution is -0.140. The number of nitrogens with one attached hydrogen (secondary N) is 2. The first-order chi connectivity index (χ1) is 17.1. The minimum absolute atomic E-state index is 0.127. The quantitative estimate of drug-likeness (QED) is 0.312. The maximum absolute atomic E-state index is 12.6. The van der Waals surface area contributed by atoms with Gasteiger partial charge in [-0.15, -0.1) is 10.2 Å². The van der Waals surface area contributed by atoms with Crippen molar-refractivity contribution < 1.29 is 19.1 Å². The van der Waals surface area contributed by atoms with Crippen LogP contribution >= 0.6 is 23.5 Å². The van der Waals surface area contributed by atoms with Crippen LogP contribution in [0.15, 0.2) is 64.9 Å². The number of hydrogen-bond donors (Lipinski definition) is 2. The van der Waals surface area contributed by atoms with Gasteiger partial charge in [0, 0.05) is 17.7 Å². The van der Waals surface area contributed by atoms with Crippen molar-refractivity contribution in [2.45, 2.75) is 23.6 Å². The zero-order valence-electron chi connectivity index (χ0n) is 19.1. The SMILES string of the molecule is COC(=O)CCn1c(SCC(=O)NC2NN=C(c3ccc(OC)cc3)S2)nnc1-c1ccccc1. The number of ether oxygens (including phenoxy) is 2. The van der Waals surface area contributed by atoms with E-state index in [2.05, 4.69) is 26.0 Å². The molecule has 35 heavy (non-hydrogen) atoms. The summed E-state index contributed by atoms with van der Waals surface area (Å²) in [5.41, 5.74) is 4.36. The Labute approximate surface area is 210 Å². The van der Waals surface area contributed by atoms with Crippen molar-refractivity contribution in [2.24, 2.45) is 5.10 Å². The van der Waals surface area contributed by atoms with Gasteiger partial charge in [0.15, 0.2) is 16.5 Å². The molecule has 0 radical (unpaired) electrons. The molecule has 4 rings (SSSR count). The lowest BCUT2D eigenvalue weighted by atomic mass is 10.2. The molecule has 12 heteroatoms. The summed E-state index contributed by atoms with van der Waals surface area (Å²) in [7, 11) is 2.97. The van der Waals surface area contributed by atoms with E-state index < -0.39 is 0 Å². The third-order valence-electron chi connectivity index (χ3n) is 4.99. The second-order valence-electron chi connectivity index (χ2n) is 7.28. The van der Waals surface area contributed by atoms with E-state index in [9.17, 15) is 9.59 Å². The number of carbonyl (C=O) groups excluding carboxylic acids is 2. The van der Waals surface area contributed by atoms with Crippen LogP contribution < -0.4 is 15.5 Å². The number of nitrogens with zero attached hydrogens (tertiary/aromatic N) is 4. The Morgan fingerprint density at radius 2 is 1.86 bits per heavy atom. The molecule has 0 spiro atoms. The summed E-state index contributed by atoms with van der Waals surface area (Å²) in [4.78, 5) is 24.3. The van der Waals surface area contributed by atoms with Gasteiger partial charge in [0.05, 0.1) is 26.4 Å². The molecule has 0 aliphatic carbocycles. The second-order valence-corrected chi connectivity index (χ2v) is 9.31. The molecule has 0 bridgehead atoms. The van der Waals surface area contributed by atoms with Crippen LogP contribution in [0.5, 0.6) is 5.75 Å². The molecular formula is C23H24N6O4S2. The molecule has 1 aliphatic rings. The lowest BCUT2D eigenvalue weighted by Crippen LogP contribution is -2.39. The first-order valence-electron chi connectivity index (χ1n) is 10.7. The summed E-state index contributed by atoms with van der Waals surface area (Å²) < 4.78 is 11.8. The van der Waals surface area contributed by atoms with E-state index in [1.165, 1.54) is 30.6 Å². The summed E-state index contributed by atoms with van der Waals surface area (Å²) in [5.74, 6) is 1.00. The largest absolute Gasteiger partial charge is 0.497 e. The van der Waals surface area contributed by atoms with Gasteiger partial charge in [-0.2, -0.15) is 5.10 Å². The molecular weight excluding hydrogens is 488 g/mol. The average Bonchev–Trinajstić information content (AvgIpc) is 3.53. The molecule has 1 aromatic heterocycles. The fourth-order valence-electron chi connectivity index (χ4n) is 3.23. The van der Waals surface area contributed by atoms with Gasteiger partial charge in [0.2, 0.25) is 5.91 Å². The Hall–Kier alpha value is -3.51. The number of carbonyl (C=O) groups is 2. The lowest BCUT2D eigenvalue weighted by Gasteiger charge is -2.12. The second kappa shape index (κ2) is 11.8. The van der Waals surface area contributed by atoms with Gasteiger partial charge in [-0.05, 0) is 24.3 Å². The fourth-order valence-corrected chi connectivity index (χ4v) is 4.90. The zero-order valence-corrected chi connectivity index (χ0v) is 20.8. The van der Waals surface area contributed by atoms with E-state index in [0.717, 1.165) is 21.9 Å². The van der Waals surface area contributed by atoms with Gasteiger partial charge >= 0.3 is 5.97 Å². The van der Waals surface area contributed by atoms with Gasteiger partial charge in [-0.1, -0.05) is 53.9 Å². The van der Waals surface area contributed by atoms with Crippen molar-refractivity contribution in [3.05, 3.63) is 60.2 Å². The van der Waals surface area contributed by atoms with Gasteiger partial charge in [-0.3, -0.25) is 15.0 Å². The number of rotatable bonds is 10. The van der Waals surface area contributed by atoms with Gasteiger partial charge in [0.1, 0.15) is 10.8 Å². The van der Waals surface area contributed by atoms with Crippen LogP contribution in [0, 0.1) is 0 Å².